The number of hydrogen-bond donors (Lipinski definition) is 0. The van der Waals surface area contributed by atoms with E-state index in [0.717, 1.165) is 0 Å². The van der Waals surface area contributed by atoms with Gasteiger partial charge in [-0.1, -0.05) is 0 Å². The Labute approximate surface area is 123 Å². The zero-order valence-corrected chi connectivity index (χ0v) is 13.4. The van der Waals surface area contributed by atoms with Gasteiger partial charge in [0.05, 0.1) is 0 Å². The van der Waals surface area contributed by atoms with Gasteiger partial charge in [0.2, 0.25) is 0 Å². The van der Waals surface area contributed by atoms with Gasteiger partial charge in [0.25, 0.3) is 0 Å². The highest BCUT2D eigenvalue weighted by atomic mass is 79.9. The molecule has 0 N–H and O–H groups in total. The van der Waals surface area contributed by atoms with Crippen LogP contribution >= 0.6 is 50.2 Å². The van der Waals surface area contributed by atoms with Crippen LogP contribution in [0, 0.1) is 6.92 Å². The van der Waals surface area contributed by atoms with Crippen LogP contribution in [0.15, 0.2) is 16.6 Å². The van der Waals surface area contributed by atoms with Gasteiger partial charge in [0, 0.05) is 24.0 Å². The number of fused-ring (bicyclic) bond motifs is 1. The molecule has 2 aromatic heterocycles. The monoisotopic (exact) mass is 346 g/mol. The second-order valence-corrected chi connectivity index (χ2v) is 8.11. The SMILES string of the molecule is Cc1sc(C(Cl)c2cc3c(s2)CCC3)cc1Br. The van der Waals surface area contributed by atoms with E-state index >= 15 is 0 Å². The van der Waals surface area contributed by atoms with Crippen LogP contribution in [0.1, 0.15) is 36.9 Å². The van der Waals surface area contributed by atoms with E-state index < -0.39 is 0 Å². The van der Waals surface area contributed by atoms with E-state index in [2.05, 4.69) is 35.0 Å². The van der Waals surface area contributed by atoms with Crippen molar-refractivity contribution in [2.24, 2.45) is 0 Å². The second-order valence-electron chi connectivity index (χ2n) is 4.37. The van der Waals surface area contributed by atoms with Crippen LogP contribution < -0.4 is 0 Å². The first-order valence-electron chi connectivity index (χ1n) is 5.66. The number of aryl methyl sites for hydroxylation is 3. The summed E-state index contributed by atoms with van der Waals surface area (Å²) in [7, 11) is 0. The van der Waals surface area contributed by atoms with Gasteiger partial charge in [0.1, 0.15) is 5.38 Å². The molecule has 0 radical (unpaired) electrons. The molecule has 0 aromatic carbocycles. The van der Waals surface area contributed by atoms with Crippen molar-refractivity contribution in [3.63, 3.8) is 0 Å². The largest absolute Gasteiger partial charge is 0.143 e. The van der Waals surface area contributed by atoms with Crippen LogP contribution in [0.5, 0.6) is 0 Å². The predicted octanol–water partition coefficient (Wildman–Crippen LogP) is 5.70. The first-order valence-corrected chi connectivity index (χ1v) is 8.53. The van der Waals surface area contributed by atoms with Gasteiger partial charge in [0.15, 0.2) is 0 Å². The molecule has 4 heteroatoms. The molecule has 90 valence electrons. The zero-order valence-electron chi connectivity index (χ0n) is 9.43. The fourth-order valence-electron chi connectivity index (χ4n) is 2.22. The highest BCUT2D eigenvalue weighted by Crippen LogP contribution is 2.42. The van der Waals surface area contributed by atoms with E-state index in [9.17, 15) is 0 Å². The Morgan fingerprint density at radius 3 is 2.65 bits per heavy atom. The lowest BCUT2D eigenvalue weighted by molar-refractivity contribution is 0.913. The topological polar surface area (TPSA) is 0 Å². The molecule has 0 saturated carbocycles. The lowest BCUT2D eigenvalue weighted by atomic mass is 10.2. The van der Waals surface area contributed by atoms with E-state index in [-0.39, 0.29) is 5.38 Å². The van der Waals surface area contributed by atoms with Crippen molar-refractivity contribution in [3.8, 4) is 0 Å². The Bertz CT molecular complexity index is 515. The fourth-order valence-corrected chi connectivity index (χ4v) is 5.50. The summed E-state index contributed by atoms with van der Waals surface area (Å²) in [6, 6.07) is 4.47. The molecule has 1 unspecified atom stereocenters. The number of alkyl halides is 1. The van der Waals surface area contributed by atoms with Crippen molar-refractivity contribution >= 4 is 50.2 Å². The molecule has 1 aliphatic carbocycles. The summed E-state index contributed by atoms with van der Waals surface area (Å²) >= 11 is 13.8. The average molecular weight is 348 g/mol. The van der Waals surface area contributed by atoms with Crippen LogP contribution in [0.4, 0.5) is 0 Å². The van der Waals surface area contributed by atoms with Gasteiger partial charge >= 0.3 is 0 Å². The van der Waals surface area contributed by atoms with Crippen molar-refractivity contribution in [3.05, 3.63) is 41.7 Å². The highest BCUT2D eigenvalue weighted by molar-refractivity contribution is 9.10. The maximum atomic E-state index is 6.58. The van der Waals surface area contributed by atoms with Crippen LogP contribution in [0.25, 0.3) is 0 Å². The normalized spacial score (nSPS) is 16.2. The van der Waals surface area contributed by atoms with E-state index in [0.29, 0.717) is 0 Å². The molecule has 0 spiro atoms. The summed E-state index contributed by atoms with van der Waals surface area (Å²) < 4.78 is 1.17. The first-order chi connectivity index (χ1) is 8.15. The third-order valence-corrected chi connectivity index (χ3v) is 7.37. The van der Waals surface area contributed by atoms with Crippen molar-refractivity contribution in [1.82, 2.24) is 0 Å². The van der Waals surface area contributed by atoms with Gasteiger partial charge in [-0.3, -0.25) is 0 Å². The predicted molar refractivity (Wildman–Crippen MR) is 80.8 cm³/mol. The minimum Gasteiger partial charge on any atom is -0.143 e. The van der Waals surface area contributed by atoms with Gasteiger partial charge < -0.3 is 0 Å². The average Bonchev–Trinajstić information content (AvgIpc) is 2.92. The molecule has 1 aliphatic rings. The fraction of sp³-hybridized carbons (Fsp3) is 0.385. The van der Waals surface area contributed by atoms with Gasteiger partial charge in [-0.25, -0.2) is 0 Å². The number of halogens is 2. The molecular weight excluding hydrogens is 336 g/mol. The quantitative estimate of drug-likeness (QED) is 0.611. The van der Waals surface area contributed by atoms with Gasteiger partial charge in [-0.15, -0.1) is 34.3 Å². The van der Waals surface area contributed by atoms with Gasteiger partial charge in [-0.2, -0.15) is 0 Å². The standard InChI is InChI=1S/C13H12BrClS2/c1-7-9(14)6-12(16-7)13(15)11-5-8-3-2-4-10(8)17-11/h5-6,13H,2-4H2,1H3. The van der Waals surface area contributed by atoms with E-state index in [4.69, 9.17) is 11.6 Å². The summed E-state index contributed by atoms with van der Waals surface area (Å²) in [4.78, 5) is 5.41. The molecule has 3 rings (SSSR count). The summed E-state index contributed by atoms with van der Waals surface area (Å²) in [6.07, 6.45) is 3.80. The zero-order chi connectivity index (χ0) is 12.0. The molecule has 0 aliphatic heterocycles. The third-order valence-electron chi connectivity index (χ3n) is 3.14. The van der Waals surface area contributed by atoms with Crippen molar-refractivity contribution in [2.75, 3.05) is 0 Å². The lowest BCUT2D eigenvalue weighted by Gasteiger charge is -2.03. The van der Waals surface area contributed by atoms with E-state index in [1.54, 1.807) is 16.2 Å². The number of rotatable bonds is 2. The summed E-state index contributed by atoms with van der Waals surface area (Å²) in [5.74, 6) is 0. The molecule has 0 saturated heterocycles. The van der Waals surface area contributed by atoms with Crippen LogP contribution in [-0.2, 0) is 12.8 Å². The third kappa shape index (κ3) is 2.23. The molecule has 17 heavy (non-hydrogen) atoms. The maximum absolute atomic E-state index is 6.58. The molecule has 0 amide bonds. The summed E-state index contributed by atoms with van der Waals surface area (Å²) in [5.41, 5.74) is 1.53. The molecule has 0 bridgehead atoms. The summed E-state index contributed by atoms with van der Waals surface area (Å²) in [6.45, 7) is 2.12. The van der Waals surface area contributed by atoms with Crippen molar-refractivity contribution < 1.29 is 0 Å². The van der Waals surface area contributed by atoms with E-state index in [1.807, 2.05) is 11.3 Å². The molecular formula is C13H12BrClS2. The van der Waals surface area contributed by atoms with Crippen LogP contribution in [0.3, 0.4) is 0 Å². The Morgan fingerprint density at radius 1 is 1.24 bits per heavy atom. The first kappa shape index (κ1) is 12.2. The Morgan fingerprint density at radius 2 is 2.00 bits per heavy atom. The molecule has 2 heterocycles. The van der Waals surface area contributed by atoms with Crippen molar-refractivity contribution in [2.45, 2.75) is 31.6 Å². The van der Waals surface area contributed by atoms with E-state index in [1.165, 1.54) is 43.9 Å². The second kappa shape index (κ2) is 4.69. The van der Waals surface area contributed by atoms with Gasteiger partial charge in [-0.05, 0) is 59.8 Å². The maximum Gasteiger partial charge on any atom is 0.102 e. The lowest BCUT2D eigenvalue weighted by Crippen LogP contribution is -1.85. The highest BCUT2D eigenvalue weighted by Gasteiger charge is 2.21. The smallest absolute Gasteiger partial charge is 0.102 e. The number of hydrogen-bond acceptors (Lipinski definition) is 2. The molecule has 0 nitrogen and oxygen atoms in total. The summed E-state index contributed by atoms with van der Waals surface area (Å²) in [5, 5.41) is 0.0283. The van der Waals surface area contributed by atoms with Crippen molar-refractivity contribution in [1.29, 1.82) is 0 Å². The molecule has 2 aromatic rings. The minimum absolute atomic E-state index is 0.0283. The molecule has 1 atom stereocenters. The molecule has 0 fully saturated rings. The Kier molecular flexibility index (Phi) is 3.37. The van der Waals surface area contributed by atoms with Crippen LogP contribution in [-0.4, -0.2) is 0 Å². The number of thiophene rings is 2. The Balaban J connectivity index is 1.92. The Hall–Kier alpha value is 0.170. The minimum atomic E-state index is 0.0283. The van der Waals surface area contributed by atoms with Crippen LogP contribution in [0.2, 0.25) is 0 Å².